The Labute approximate surface area is 200 Å². The molecule has 0 amide bonds. The molecule has 4 nitrogen and oxygen atoms in total. The van der Waals surface area contributed by atoms with E-state index in [1.54, 1.807) is 0 Å². The van der Waals surface area contributed by atoms with Gasteiger partial charge in [0, 0.05) is 11.8 Å². The molecule has 11 atom stereocenters. The Kier molecular flexibility index (Phi) is 6.04. The number of fused-ring (bicyclic) bond motifs is 7. The smallest absolute Gasteiger partial charge is 0.303 e. The highest BCUT2D eigenvalue weighted by Crippen LogP contribution is 2.69. The van der Waals surface area contributed by atoms with Gasteiger partial charge in [-0.05, 0) is 98.2 Å². The molecule has 3 unspecified atom stereocenters. The summed E-state index contributed by atoms with van der Waals surface area (Å²) in [4.78, 5) is 11.3. The van der Waals surface area contributed by atoms with Crippen LogP contribution in [0.25, 0.3) is 0 Å². The van der Waals surface area contributed by atoms with Crippen molar-refractivity contribution in [2.45, 2.75) is 111 Å². The fourth-order valence-corrected chi connectivity index (χ4v) is 9.73. The van der Waals surface area contributed by atoms with Crippen molar-refractivity contribution in [3.05, 3.63) is 11.6 Å². The van der Waals surface area contributed by atoms with Crippen molar-refractivity contribution in [1.82, 2.24) is 0 Å². The number of allylic oxidation sites excluding steroid dienone is 1. The Bertz CT molecular complexity index is 803. The summed E-state index contributed by atoms with van der Waals surface area (Å²) >= 11 is 0. The van der Waals surface area contributed by atoms with E-state index in [-0.39, 0.29) is 17.8 Å². The summed E-state index contributed by atoms with van der Waals surface area (Å²) in [6.07, 6.45) is 11.7. The molecule has 4 heteroatoms. The SMILES string of the molecule is CC(C)CCC1O[C@H]2C[C@H]3[C@@H]4CC=C5CC(CC(=O)O)CC(O)[C@]5(C)[C@H]4CC[C@]3(C)[C@H]2[C@@H]1C. The van der Waals surface area contributed by atoms with Gasteiger partial charge in [-0.1, -0.05) is 46.3 Å². The molecule has 1 aliphatic heterocycles. The lowest BCUT2D eigenvalue weighted by molar-refractivity contribution is -0.139. The molecule has 4 aliphatic carbocycles. The number of carboxylic acid groups (broad SMARTS) is 1. The van der Waals surface area contributed by atoms with Crippen LogP contribution < -0.4 is 0 Å². The second-order valence-corrected chi connectivity index (χ2v) is 13.4. The Morgan fingerprint density at radius 1 is 1.24 bits per heavy atom. The maximum Gasteiger partial charge on any atom is 0.303 e. The molecule has 5 rings (SSSR count). The Balaban J connectivity index is 1.36. The molecule has 33 heavy (non-hydrogen) atoms. The number of ether oxygens (including phenoxy) is 1. The molecule has 5 aliphatic rings. The van der Waals surface area contributed by atoms with Gasteiger partial charge in [-0.25, -0.2) is 0 Å². The van der Waals surface area contributed by atoms with E-state index in [1.165, 1.54) is 37.7 Å². The van der Waals surface area contributed by atoms with Crippen molar-refractivity contribution < 1.29 is 19.7 Å². The minimum Gasteiger partial charge on any atom is -0.481 e. The third-order valence-corrected chi connectivity index (χ3v) is 11.4. The van der Waals surface area contributed by atoms with Crippen LogP contribution in [-0.2, 0) is 9.53 Å². The van der Waals surface area contributed by atoms with Crippen molar-refractivity contribution in [3.8, 4) is 0 Å². The summed E-state index contributed by atoms with van der Waals surface area (Å²) < 4.78 is 6.77. The fourth-order valence-electron chi connectivity index (χ4n) is 9.73. The molecule has 3 saturated carbocycles. The number of hydrogen-bond acceptors (Lipinski definition) is 3. The summed E-state index contributed by atoms with van der Waals surface area (Å²) in [6, 6.07) is 0. The van der Waals surface area contributed by atoms with Crippen LogP contribution in [0.3, 0.4) is 0 Å². The summed E-state index contributed by atoms with van der Waals surface area (Å²) in [7, 11) is 0. The average Bonchev–Trinajstić information content (AvgIpc) is 3.20. The van der Waals surface area contributed by atoms with Gasteiger partial charge in [-0.3, -0.25) is 4.79 Å². The van der Waals surface area contributed by atoms with Gasteiger partial charge in [0.05, 0.1) is 18.3 Å². The first-order chi connectivity index (χ1) is 15.6. The molecule has 0 bridgehead atoms. The lowest BCUT2D eigenvalue weighted by atomic mass is 9.46. The van der Waals surface area contributed by atoms with Gasteiger partial charge in [-0.15, -0.1) is 0 Å². The van der Waals surface area contributed by atoms with E-state index in [1.807, 2.05) is 0 Å². The summed E-state index contributed by atoms with van der Waals surface area (Å²) in [5, 5.41) is 20.7. The van der Waals surface area contributed by atoms with E-state index in [2.05, 4.69) is 40.7 Å². The summed E-state index contributed by atoms with van der Waals surface area (Å²) in [5.41, 5.74) is 1.53. The molecular formula is C29H46O4. The molecule has 0 aromatic carbocycles. The molecule has 186 valence electrons. The number of aliphatic carboxylic acids is 1. The number of aliphatic hydroxyl groups excluding tert-OH is 1. The van der Waals surface area contributed by atoms with Crippen LogP contribution in [0.1, 0.15) is 92.4 Å². The highest BCUT2D eigenvalue weighted by molar-refractivity contribution is 5.67. The maximum absolute atomic E-state index is 11.4. The number of carboxylic acids is 1. The molecule has 0 radical (unpaired) electrons. The largest absolute Gasteiger partial charge is 0.481 e. The number of rotatable bonds is 5. The van der Waals surface area contributed by atoms with E-state index >= 15 is 0 Å². The lowest BCUT2D eigenvalue weighted by Crippen LogP contribution is -2.55. The lowest BCUT2D eigenvalue weighted by Gasteiger charge is -2.59. The van der Waals surface area contributed by atoms with Crippen molar-refractivity contribution in [3.63, 3.8) is 0 Å². The first-order valence-electron chi connectivity index (χ1n) is 13.8. The van der Waals surface area contributed by atoms with Gasteiger partial charge in [0.1, 0.15) is 0 Å². The third-order valence-electron chi connectivity index (χ3n) is 11.4. The van der Waals surface area contributed by atoms with Crippen LogP contribution in [-0.4, -0.2) is 34.5 Å². The van der Waals surface area contributed by atoms with E-state index in [9.17, 15) is 15.0 Å². The molecule has 0 spiro atoms. The predicted octanol–water partition coefficient (Wildman–Crippen LogP) is 6.08. The second kappa shape index (κ2) is 8.36. The topological polar surface area (TPSA) is 66.8 Å². The summed E-state index contributed by atoms with van der Waals surface area (Å²) in [5.74, 6) is 3.21. The highest BCUT2D eigenvalue weighted by atomic mass is 16.5. The van der Waals surface area contributed by atoms with Crippen LogP contribution in [0.4, 0.5) is 0 Å². The van der Waals surface area contributed by atoms with E-state index in [4.69, 9.17) is 4.74 Å². The van der Waals surface area contributed by atoms with Crippen LogP contribution in [0.2, 0.25) is 0 Å². The van der Waals surface area contributed by atoms with Gasteiger partial charge in [-0.2, -0.15) is 0 Å². The van der Waals surface area contributed by atoms with E-state index in [0.29, 0.717) is 53.6 Å². The Hall–Kier alpha value is -0.870. The van der Waals surface area contributed by atoms with Crippen LogP contribution in [0.15, 0.2) is 11.6 Å². The van der Waals surface area contributed by atoms with Gasteiger partial charge >= 0.3 is 5.97 Å². The Morgan fingerprint density at radius 3 is 2.70 bits per heavy atom. The molecule has 1 saturated heterocycles. The minimum absolute atomic E-state index is 0.0742. The van der Waals surface area contributed by atoms with E-state index in [0.717, 1.165) is 18.8 Å². The zero-order valence-electron chi connectivity index (χ0n) is 21.4. The monoisotopic (exact) mass is 458 g/mol. The van der Waals surface area contributed by atoms with Crippen molar-refractivity contribution in [1.29, 1.82) is 0 Å². The first kappa shape index (κ1) is 23.9. The molecule has 0 aromatic heterocycles. The fraction of sp³-hybridized carbons (Fsp3) is 0.897. The van der Waals surface area contributed by atoms with Crippen molar-refractivity contribution >= 4 is 5.97 Å². The van der Waals surface area contributed by atoms with Gasteiger partial charge in [0.25, 0.3) is 0 Å². The van der Waals surface area contributed by atoms with Crippen LogP contribution in [0.5, 0.6) is 0 Å². The minimum atomic E-state index is -0.739. The first-order valence-corrected chi connectivity index (χ1v) is 13.8. The second-order valence-electron chi connectivity index (χ2n) is 13.4. The number of aliphatic hydroxyl groups is 1. The van der Waals surface area contributed by atoms with E-state index < -0.39 is 12.1 Å². The maximum atomic E-state index is 11.4. The molecule has 0 aromatic rings. The number of hydrogen-bond donors (Lipinski definition) is 2. The number of carbonyl (C=O) groups is 1. The van der Waals surface area contributed by atoms with Gasteiger partial charge < -0.3 is 14.9 Å². The van der Waals surface area contributed by atoms with Crippen molar-refractivity contribution in [2.75, 3.05) is 0 Å². The molecule has 2 N–H and O–H groups in total. The van der Waals surface area contributed by atoms with Crippen molar-refractivity contribution in [2.24, 2.45) is 52.3 Å². The molecular weight excluding hydrogens is 412 g/mol. The molecule has 4 fully saturated rings. The predicted molar refractivity (Wildman–Crippen MR) is 130 cm³/mol. The molecule has 1 heterocycles. The quantitative estimate of drug-likeness (QED) is 0.490. The normalized spacial score (nSPS) is 50.9. The third kappa shape index (κ3) is 3.64. The Morgan fingerprint density at radius 2 is 2.00 bits per heavy atom. The zero-order valence-corrected chi connectivity index (χ0v) is 21.4. The summed E-state index contributed by atoms with van der Waals surface area (Å²) in [6.45, 7) is 12.0. The standard InChI is InChI=1S/C29H46O4/c1-16(2)6-9-23-17(3)27-24(33-23)15-22-20-8-7-19-12-18(14-26(31)32)13-25(30)29(19,5)21(20)10-11-28(22,27)4/h7,16-18,20-25,27,30H,6,8-15H2,1-5H3,(H,31,32)/t17-,18?,20-,21+,22+,23?,24+,25?,27+,28+,29+/m1/s1. The van der Waals surface area contributed by atoms with Gasteiger partial charge in [0.2, 0.25) is 0 Å². The zero-order chi connectivity index (χ0) is 23.7. The van der Waals surface area contributed by atoms with Gasteiger partial charge in [0.15, 0.2) is 0 Å². The average molecular weight is 459 g/mol. The van der Waals surface area contributed by atoms with Crippen LogP contribution >= 0.6 is 0 Å². The highest BCUT2D eigenvalue weighted by Gasteiger charge is 2.65. The van der Waals surface area contributed by atoms with Crippen LogP contribution in [0, 0.1) is 52.3 Å².